The first-order valence-corrected chi connectivity index (χ1v) is 22.2. The maximum Gasteiger partial charge on any atom is 0.268 e. The Morgan fingerprint density at radius 3 is 1.98 bits per heavy atom. The Kier molecular flexibility index (Phi) is 7.71. The summed E-state index contributed by atoms with van der Waals surface area (Å²) < 4.78 is 99.7. The van der Waals surface area contributed by atoms with Crippen LogP contribution in [0.3, 0.4) is 0 Å². The molecule has 2 aliphatic rings. The van der Waals surface area contributed by atoms with Crippen molar-refractivity contribution in [2.24, 2.45) is 0 Å². The SMILES string of the molecule is [2H]c1c([2H])c([2H])c(-c2cccc(-c3c([2H])c([2H])c([2H])c([2H])c3[2H])c2-[n+]2[c-]n(-c3[c-]c(Oc4[c-]c5c(cc4)c4ccccc4n5-c4ncc5c6c4C(C)(C)CCC6(C)CCC5(C)C)ccc3)c3ccccc32)c([2H])c1[2H].[Pt]. The quantitative estimate of drug-likeness (QED) is 0.118. The molecule has 328 valence electrons. The van der Waals surface area contributed by atoms with Gasteiger partial charge in [-0.2, -0.15) is 18.2 Å². The van der Waals surface area contributed by atoms with Crippen molar-refractivity contribution in [2.45, 2.75) is 76.5 Å². The minimum absolute atomic E-state index is 0. The third kappa shape index (κ3) is 6.69. The zero-order chi connectivity index (χ0) is 52.8. The Bertz CT molecular complexity index is 3960. The molecule has 0 bridgehead atoms. The molecule has 1 unspecified atom stereocenters. The topological polar surface area (TPSA) is 35.9 Å². The first-order chi connectivity index (χ1) is 35.7. The Morgan fingerprint density at radius 2 is 1.26 bits per heavy atom. The third-order valence-corrected chi connectivity index (χ3v) is 14.0. The molecule has 66 heavy (non-hydrogen) atoms. The van der Waals surface area contributed by atoms with E-state index in [1.807, 2.05) is 42.5 Å². The van der Waals surface area contributed by atoms with Crippen LogP contribution in [0, 0.1) is 18.5 Å². The van der Waals surface area contributed by atoms with Gasteiger partial charge in [0.15, 0.2) is 0 Å². The van der Waals surface area contributed by atoms with E-state index in [2.05, 4.69) is 94.2 Å². The van der Waals surface area contributed by atoms with Crippen molar-refractivity contribution in [2.75, 3.05) is 0 Å². The van der Waals surface area contributed by atoms with Crippen LogP contribution in [-0.2, 0) is 37.3 Å². The molecule has 1 atom stereocenters. The zero-order valence-corrected chi connectivity index (χ0v) is 39.4. The number of hydrogen-bond donors (Lipinski definition) is 0. The van der Waals surface area contributed by atoms with Gasteiger partial charge in [0.25, 0.3) is 6.33 Å². The van der Waals surface area contributed by atoms with Crippen molar-refractivity contribution in [1.29, 1.82) is 0 Å². The fourth-order valence-corrected chi connectivity index (χ4v) is 10.5. The van der Waals surface area contributed by atoms with Crippen molar-refractivity contribution >= 4 is 32.8 Å². The summed E-state index contributed by atoms with van der Waals surface area (Å²) in [4.78, 5) is 5.39. The molecule has 0 spiro atoms. The van der Waals surface area contributed by atoms with Crippen LogP contribution < -0.4 is 9.30 Å². The number of aromatic nitrogens is 4. The van der Waals surface area contributed by atoms with E-state index in [9.17, 15) is 0 Å². The van der Waals surface area contributed by atoms with E-state index in [0.717, 1.165) is 53.3 Å². The fourth-order valence-electron chi connectivity index (χ4n) is 10.5. The van der Waals surface area contributed by atoms with Gasteiger partial charge in [0, 0.05) is 49.8 Å². The van der Waals surface area contributed by atoms with Gasteiger partial charge in [-0.25, -0.2) is 4.98 Å². The van der Waals surface area contributed by atoms with Gasteiger partial charge >= 0.3 is 0 Å². The Morgan fingerprint density at radius 1 is 0.621 bits per heavy atom. The summed E-state index contributed by atoms with van der Waals surface area (Å²) >= 11 is 0. The summed E-state index contributed by atoms with van der Waals surface area (Å²) in [7, 11) is 0. The molecule has 10 aromatic rings. The summed E-state index contributed by atoms with van der Waals surface area (Å²) in [5, 5.41) is 2.10. The predicted octanol–water partition coefficient (Wildman–Crippen LogP) is 14.3. The van der Waals surface area contributed by atoms with Crippen LogP contribution in [0.5, 0.6) is 11.5 Å². The second-order valence-electron chi connectivity index (χ2n) is 19.0. The molecule has 0 radical (unpaired) electrons. The number of ether oxygens (including phenoxy) is 1. The average Bonchev–Trinajstić information content (AvgIpc) is 4.01. The minimum atomic E-state index is -0.567. The normalized spacial score (nSPS) is 19.2. The van der Waals surface area contributed by atoms with E-state index >= 15 is 0 Å². The fraction of sp³-hybridized carbons (Fsp3) is 0.200. The molecule has 12 rings (SSSR count). The van der Waals surface area contributed by atoms with Crippen LogP contribution in [0.25, 0.3) is 72.3 Å². The largest absolute Gasteiger partial charge is 0.510 e. The molecule has 0 fully saturated rings. The molecule has 6 heteroatoms. The second kappa shape index (κ2) is 15.8. The standard InChI is InChI=1S/C60H50N4O.Pt/c1-58(2)32-34-60(5)35-33-59(3,4)55-54(60)49(58)38-61-57(55)64-50-27-13-12-24-47(50)48-31-30-44(37-53(48)64)65-43-23-16-22-42(36-43)62-39-63(52-29-15-14-28-51(52)62)56-45(40-18-8-6-9-19-40)25-17-26-46(56)41-20-10-7-11-21-41;/h6-31,38H,32-35H2,1-5H3;/q-2;/i6D,7D,8D,9D,10D,11D,18D,19D,20D,21D;. The van der Waals surface area contributed by atoms with Gasteiger partial charge in [-0.05, 0) is 92.4 Å². The number of nitrogens with zero attached hydrogens (tertiary/aromatic N) is 4. The van der Waals surface area contributed by atoms with E-state index in [1.54, 1.807) is 33.4 Å². The molecule has 3 heterocycles. The van der Waals surface area contributed by atoms with Crippen molar-refractivity contribution in [3.8, 4) is 50.9 Å². The number of benzene rings is 7. The summed E-state index contributed by atoms with van der Waals surface area (Å²) in [6, 6.07) is 31.9. The Balaban J connectivity index is 0.00000616. The maximum atomic E-state index is 9.05. The van der Waals surface area contributed by atoms with Crippen LogP contribution in [0.15, 0.2) is 164 Å². The third-order valence-electron chi connectivity index (χ3n) is 14.0. The monoisotopic (exact) mass is 1050 g/mol. The van der Waals surface area contributed by atoms with Crippen molar-refractivity contribution in [3.63, 3.8) is 0 Å². The first-order valence-electron chi connectivity index (χ1n) is 27.2. The van der Waals surface area contributed by atoms with Gasteiger partial charge in [-0.1, -0.05) is 161 Å². The van der Waals surface area contributed by atoms with E-state index in [0.29, 0.717) is 28.2 Å². The number of hydrogen-bond acceptors (Lipinski definition) is 2. The van der Waals surface area contributed by atoms with Crippen LogP contribution in [0.2, 0.25) is 0 Å². The molecule has 5 nitrogen and oxygen atoms in total. The van der Waals surface area contributed by atoms with Crippen molar-refractivity contribution in [3.05, 3.63) is 199 Å². The second-order valence-corrected chi connectivity index (χ2v) is 19.0. The van der Waals surface area contributed by atoms with Gasteiger partial charge in [0.05, 0.1) is 30.4 Å². The average molecular weight is 1050 g/mol. The number of para-hydroxylation sites is 4. The molecular weight excluding hydrogens is 988 g/mol. The van der Waals surface area contributed by atoms with Crippen molar-refractivity contribution in [1.82, 2.24) is 14.1 Å². The van der Waals surface area contributed by atoms with Gasteiger partial charge in [0.1, 0.15) is 5.82 Å². The van der Waals surface area contributed by atoms with E-state index in [1.165, 1.54) is 16.7 Å². The zero-order valence-electron chi connectivity index (χ0n) is 47.2. The summed E-state index contributed by atoms with van der Waals surface area (Å²) in [5.74, 6) is 1.76. The number of fused-ring (bicyclic) bond motifs is 4. The van der Waals surface area contributed by atoms with Crippen LogP contribution in [0.4, 0.5) is 0 Å². The minimum Gasteiger partial charge on any atom is -0.510 e. The van der Waals surface area contributed by atoms with Crippen LogP contribution >= 0.6 is 0 Å². The predicted molar refractivity (Wildman–Crippen MR) is 263 cm³/mol. The molecule has 7 aromatic carbocycles. The first kappa shape index (κ1) is 32.2. The van der Waals surface area contributed by atoms with Gasteiger partial charge in [-0.15, -0.1) is 29.7 Å². The van der Waals surface area contributed by atoms with E-state index in [-0.39, 0.29) is 65.3 Å². The summed E-state index contributed by atoms with van der Waals surface area (Å²) in [6.07, 6.45) is 9.98. The van der Waals surface area contributed by atoms with Crippen molar-refractivity contribution < 1.29 is 44.1 Å². The molecule has 0 saturated heterocycles. The number of pyridine rings is 1. The van der Waals surface area contributed by atoms with Gasteiger partial charge in [-0.3, -0.25) is 4.57 Å². The number of imidazole rings is 1. The molecule has 3 aromatic heterocycles. The van der Waals surface area contributed by atoms with E-state index < -0.39 is 60.4 Å². The molecular formula is C60H50N4OPt-2. The maximum absolute atomic E-state index is 9.05. The summed E-state index contributed by atoms with van der Waals surface area (Å²) in [6.45, 7) is 11.9. The van der Waals surface area contributed by atoms with E-state index in [4.69, 9.17) is 23.4 Å². The van der Waals surface area contributed by atoms with Crippen LogP contribution in [0.1, 0.15) is 90.7 Å². The summed E-state index contributed by atoms with van der Waals surface area (Å²) in [5.41, 5.74) is 7.76. The molecule has 2 aliphatic carbocycles. The van der Waals surface area contributed by atoms with Gasteiger partial charge in [0.2, 0.25) is 0 Å². The molecule has 0 N–H and O–H groups in total. The number of rotatable bonds is 7. The Hall–Kier alpha value is -6.55. The molecule has 0 aliphatic heterocycles. The smallest absolute Gasteiger partial charge is 0.268 e. The molecule has 0 saturated carbocycles. The van der Waals surface area contributed by atoms with Crippen LogP contribution in [-0.4, -0.2) is 14.1 Å². The molecule has 0 amide bonds. The Labute approximate surface area is 415 Å². The van der Waals surface area contributed by atoms with Gasteiger partial charge < -0.3 is 13.9 Å².